The van der Waals surface area contributed by atoms with Crippen molar-refractivity contribution in [3.05, 3.63) is 74.3 Å². The highest BCUT2D eigenvalue weighted by atomic mass is 16.6. The topological polar surface area (TPSA) is 86.5 Å². The molecule has 0 aliphatic heterocycles. The van der Waals surface area contributed by atoms with Crippen molar-refractivity contribution in [2.24, 2.45) is 0 Å². The second-order valence-electron chi connectivity index (χ2n) is 5.54. The first-order chi connectivity index (χ1) is 11.3. The molecule has 0 saturated carbocycles. The van der Waals surface area contributed by atoms with E-state index in [9.17, 15) is 19.7 Å². The molecule has 0 amide bonds. The lowest BCUT2D eigenvalue weighted by molar-refractivity contribution is -0.385. The Labute approximate surface area is 139 Å². The number of nitro benzene ring substituents is 1. The van der Waals surface area contributed by atoms with Gasteiger partial charge in [0.1, 0.15) is 5.56 Å². The van der Waals surface area contributed by atoms with Gasteiger partial charge in [-0.25, -0.2) is 4.79 Å². The van der Waals surface area contributed by atoms with Crippen molar-refractivity contribution in [1.82, 2.24) is 0 Å². The van der Waals surface area contributed by atoms with Gasteiger partial charge in [-0.05, 0) is 38.0 Å². The lowest BCUT2D eigenvalue weighted by Crippen LogP contribution is -2.17. The molecule has 24 heavy (non-hydrogen) atoms. The van der Waals surface area contributed by atoms with Gasteiger partial charge < -0.3 is 4.74 Å². The van der Waals surface area contributed by atoms with Crippen LogP contribution in [0.3, 0.4) is 0 Å². The third-order valence-corrected chi connectivity index (χ3v) is 3.68. The lowest BCUT2D eigenvalue weighted by Gasteiger charge is -2.09. The van der Waals surface area contributed by atoms with Crippen molar-refractivity contribution in [3.8, 4) is 0 Å². The molecule has 0 aromatic heterocycles. The van der Waals surface area contributed by atoms with Crippen LogP contribution in [0, 0.1) is 30.9 Å². The number of nitro groups is 1. The number of ether oxygens (including phenoxy) is 1. The summed E-state index contributed by atoms with van der Waals surface area (Å²) in [6, 6.07) is 9.73. The predicted molar refractivity (Wildman–Crippen MR) is 88.4 cm³/mol. The van der Waals surface area contributed by atoms with Crippen molar-refractivity contribution in [2.45, 2.75) is 20.8 Å². The van der Waals surface area contributed by atoms with Gasteiger partial charge >= 0.3 is 5.97 Å². The number of aryl methyl sites for hydroxylation is 3. The summed E-state index contributed by atoms with van der Waals surface area (Å²) < 4.78 is 5.02. The number of hydrogen-bond donors (Lipinski definition) is 0. The fraction of sp³-hybridized carbons (Fsp3) is 0.222. The molecule has 6 nitrogen and oxygen atoms in total. The summed E-state index contributed by atoms with van der Waals surface area (Å²) in [6.45, 7) is 4.77. The zero-order valence-electron chi connectivity index (χ0n) is 13.7. The largest absolute Gasteiger partial charge is 0.453 e. The number of esters is 1. The van der Waals surface area contributed by atoms with Crippen molar-refractivity contribution >= 4 is 17.4 Å². The van der Waals surface area contributed by atoms with Crippen LogP contribution in [0.15, 0.2) is 36.4 Å². The van der Waals surface area contributed by atoms with Crippen molar-refractivity contribution in [3.63, 3.8) is 0 Å². The van der Waals surface area contributed by atoms with Gasteiger partial charge in [0.25, 0.3) is 5.69 Å². The molecule has 0 saturated heterocycles. The third kappa shape index (κ3) is 3.65. The van der Waals surface area contributed by atoms with Gasteiger partial charge in [-0.3, -0.25) is 14.9 Å². The van der Waals surface area contributed by atoms with Crippen LogP contribution in [0.5, 0.6) is 0 Å². The smallest absolute Gasteiger partial charge is 0.345 e. The summed E-state index contributed by atoms with van der Waals surface area (Å²) in [7, 11) is 0. The van der Waals surface area contributed by atoms with Crippen LogP contribution in [0.4, 0.5) is 5.69 Å². The molecule has 6 heteroatoms. The summed E-state index contributed by atoms with van der Waals surface area (Å²) >= 11 is 0. The second kappa shape index (κ2) is 7.04. The van der Waals surface area contributed by atoms with E-state index >= 15 is 0 Å². The number of rotatable bonds is 5. The second-order valence-corrected chi connectivity index (χ2v) is 5.54. The number of hydrogen-bond acceptors (Lipinski definition) is 5. The Kier molecular flexibility index (Phi) is 5.08. The standard InChI is InChI=1S/C18H17NO5/c1-11-7-8-12(2)14(9-11)16(20)10-24-18(21)17-13(3)5-4-6-15(17)19(22)23/h4-9H,10H2,1-3H3. The van der Waals surface area contributed by atoms with E-state index in [1.165, 1.54) is 12.1 Å². The normalized spacial score (nSPS) is 10.3. The van der Waals surface area contributed by atoms with E-state index in [-0.39, 0.29) is 17.0 Å². The molecule has 2 rings (SSSR count). The molecule has 0 atom stereocenters. The first-order valence-electron chi connectivity index (χ1n) is 7.33. The Morgan fingerprint density at radius 3 is 2.46 bits per heavy atom. The summed E-state index contributed by atoms with van der Waals surface area (Å²) in [6.07, 6.45) is 0. The van der Waals surface area contributed by atoms with Gasteiger partial charge in [0.05, 0.1) is 4.92 Å². The molecule has 2 aromatic carbocycles. The molecule has 0 heterocycles. The third-order valence-electron chi connectivity index (χ3n) is 3.68. The SMILES string of the molecule is Cc1ccc(C)c(C(=O)COC(=O)c2c(C)cccc2[N+](=O)[O-])c1. The molecule has 0 aliphatic rings. The molecule has 0 fully saturated rings. The van der Waals surface area contributed by atoms with E-state index in [0.29, 0.717) is 11.1 Å². The summed E-state index contributed by atoms with van der Waals surface area (Å²) in [5.41, 5.74) is 2.14. The Balaban J connectivity index is 2.18. The molecule has 2 aromatic rings. The van der Waals surface area contributed by atoms with Gasteiger partial charge in [0.15, 0.2) is 6.61 Å². The quantitative estimate of drug-likeness (QED) is 0.363. The van der Waals surface area contributed by atoms with Crippen LogP contribution < -0.4 is 0 Å². The summed E-state index contributed by atoms with van der Waals surface area (Å²) in [5.74, 6) is -1.22. The number of carbonyl (C=O) groups excluding carboxylic acids is 2. The highest BCUT2D eigenvalue weighted by Crippen LogP contribution is 2.23. The van der Waals surface area contributed by atoms with Crippen LogP contribution in [0.25, 0.3) is 0 Å². The number of benzene rings is 2. The maximum atomic E-state index is 12.2. The molecule has 0 aliphatic carbocycles. The maximum absolute atomic E-state index is 12.2. The first kappa shape index (κ1) is 17.3. The predicted octanol–water partition coefficient (Wildman–Crippen LogP) is 3.56. The maximum Gasteiger partial charge on any atom is 0.345 e. The van der Waals surface area contributed by atoms with E-state index in [0.717, 1.165) is 11.1 Å². The van der Waals surface area contributed by atoms with Crippen LogP contribution in [-0.4, -0.2) is 23.3 Å². The highest BCUT2D eigenvalue weighted by Gasteiger charge is 2.24. The van der Waals surface area contributed by atoms with Crippen LogP contribution in [0.1, 0.15) is 37.4 Å². The average molecular weight is 327 g/mol. The number of carbonyl (C=O) groups is 2. The van der Waals surface area contributed by atoms with Gasteiger partial charge in [-0.1, -0.05) is 29.8 Å². The van der Waals surface area contributed by atoms with Crippen LogP contribution >= 0.6 is 0 Å². The van der Waals surface area contributed by atoms with Gasteiger partial charge in [-0.2, -0.15) is 0 Å². The number of nitrogens with zero attached hydrogens (tertiary/aromatic N) is 1. The van der Waals surface area contributed by atoms with Crippen molar-refractivity contribution in [1.29, 1.82) is 0 Å². The fourth-order valence-electron chi connectivity index (χ4n) is 2.39. The Morgan fingerprint density at radius 2 is 1.79 bits per heavy atom. The van der Waals surface area contributed by atoms with E-state index < -0.39 is 17.5 Å². The number of Topliss-reactive ketones (excluding diaryl/α,β-unsaturated/α-hetero) is 1. The van der Waals surface area contributed by atoms with Gasteiger partial charge in [-0.15, -0.1) is 0 Å². The molecule has 0 unspecified atom stereocenters. The van der Waals surface area contributed by atoms with Crippen molar-refractivity contribution < 1.29 is 19.2 Å². The van der Waals surface area contributed by atoms with Crippen LogP contribution in [-0.2, 0) is 4.74 Å². The summed E-state index contributed by atoms with van der Waals surface area (Å²) in [4.78, 5) is 34.9. The monoisotopic (exact) mass is 327 g/mol. The zero-order valence-corrected chi connectivity index (χ0v) is 13.7. The fourth-order valence-corrected chi connectivity index (χ4v) is 2.39. The molecule has 0 bridgehead atoms. The lowest BCUT2D eigenvalue weighted by atomic mass is 10.0. The zero-order chi connectivity index (χ0) is 17.9. The molecule has 0 N–H and O–H groups in total. The number of ketones is 1. The van der Waals surface area contributed by atoms with E-state index in [1.54, 1.807) is 26.0 Å². The Bertz CT molecular complexity index is 826. The highest BCUT2D eigenvalue weighted by molar-refractivity contribution is 6.01. The molecular formula is C18H17NO5. The first-order valence-corrected chi connectivity index (χ1v) is 7.33. The Morgan fingerprint density at radius 1 is 1.08 bits per heavy atom. The average Bonchev–Trinajstić information content (AvgIpc) is 2.54. The van der Waals surface area contributed by atoms with Crippen LogP contribution in [0.2, 0.25) is 0 Å². The van der Waals surface area contributed by atoms with Crippen molar-refractivity contribution in [2.75, 3.05) is 6.61 Å². The van der Waals surface area contributed by atoms with E-state index in [1.807, 2.05) is 19.1 Å². The minimum Gasteiger partial charge on any atom is -0.453 e. The van der Waals surface area contributed by atoms with Gasteiger partial charge in [0, 0.05) is 11.6 Å². The molecular weight excluding hydrogens is 310 g/mol. The minimum absolute atomic E-state index is 0.128. The molecule has 0 spiro atoms. The minimum atomic E-state index is -0.876. The molecule has 0 radical (unpaired) electrons. The summed E-state index contributed by atoms with van der Waals surface area (Å²) in [5, 5.41) is 11.1. The van der Waals surface area contributed by atoms with Gasteiger partial charge in [0.2, 0.25) is 5.78 Å². The van der Waals surface area contributed by atoms with E-state index in [4.69, 9.17) is 4.74 Å². The molecule has 124 valence electrons. The Hall–Kier alpha value is -3.02. The van der Waals surface area contributed by atoms with E-state index in [2.05, 4.69) is 0 Å².